The molecule has 1 fully saturated rings. The van der Waals surface area contributed by atoms with Gasteiger partial charge in [0.05, 0.1) is 0 Å². The third kappa shape index (κ3) is 4.89. The normalized spacial score (nSPS) is 18.3. The molecule has 1 aliphatic carbocycles. The van der Waals surface area contributed by atoms with E-state index in [2.05, 4.69) is 6.92 Å². The first-order valence-electron chi connectivity index (χ1n) is 12.1. The lowest BCUT2D eigenvalue weighted by atomic mass is 9.75. The molecule has 0 aliphatic heterocycles. The van der Waals surface area contributed by atoms with Crippen molar-refractivity contribution in [3.8, 4) is 22.3 Å². The highest BCUT2D eigenvalue weighted by atomic mass is 19.2. The minimum Gasteiger partial charge on any atom is -0.206 e. The van der Waals surface area contributed by atoms with Crippen molar-refractivity contribution in [1.29, 1.82) is 0 Å². The molecule has 0 saturated heterocycles. The highest BCUT2D eigenvalue weighted by Gasteiger charge is 2.33. The minimum atomic E-state index is -1.91. The Morgan fingerprint density at radius 1 is 0.706 bits per heavy atom. The molecule has 1 aliphatic rings. The van der Waals surface area contributed by atoms with Gasteiger partial charge in [0, 0.05) is 16.7 Å². The van der Waals surface area contributed by atoms with E-state index in [9.17, 15) is 8.78 Å². The van der Waals surface area contributed by atoms with Gasteiger partial charge in [-0.05, 0) is 54.7 Å². The Balaban J connectivity index is 1.71. The Kier molecular flexibility index (Phi) is 7.70. The number of hydrogen-bond donors (Lipinski definition) is 0. The van der Waals surface area contributed by atoms with Crippen molar-refractivity contribution in [1.82, 2.24) is 0 Å². The van der Waals surface area contributed by atoms with Gasteiger partial charge in [0.15, 0.2) is 23.3 Å². The third-order valence-electron chi connectivity index (χ3n) is 7.12. The first-order chi connectivity index (χ1) is 16.4. The smallest absolute Gasteiger partial charge is 0.198 e. The quantitative estimate of drug-likeness (QED) is 0.139. The van der Waals surface area contributed by atoms with Crippen LogP contribution in [0.25, 0.3) is 22.3 Å². The summed E-state index contributed by atoms with van der Waals surface area (Å²) in [5, 5.41) is 0. The number of halogens is 5. The van der Waals surface area contributed by atoms with Gasteiger partial charge in [0.1, 0.15) is 5.82 Å². The summed E-state index contributed by atoms with van der Waals surface area (Å²) in [6, 6.07) is 13.2. The van der Waals surface area contributed by atoms with Crippen LogP contribution in [0.4, 0.5) is 22.0 Å². The van der Waals surface area contributed by atoms with Gasteiger partial charge in [0.2, 0.25) is 0 Å². The van der Waals surface area contributed by atoms with Crippen molar-refractivity contribution in [2.45, 2.75) is 64.2 Å². The summed E-state index contributed by atoms with van der Waals surface area (Å²) in [6.45, 7) is 2.14. The Labute approximate surface area is 197 Å². The van der Waals surface area contributed by atoms with Gasteiger partial charge >= 0.3 is 0 Å². The zero-order valence-corrected chi connectivity index (χ0v) is 19.3. The average Bonchev–Trinajstić information content (AvgIpc) is 2.86. The molecular weight excluding hydrogens is 443 g/mol. The lowest BCUT2D eigenvalue weighted by Gasteiger charge is -2.30. The van der Waals surface area contributed by atoms with Crippen LogP contribution in [0.3, 0.4) is 0 Å². The third-order valence-corrected chi connectivity index (χ3v) is 7.12. The van der Waals surface area contributed by atoms with Gasteiger partial charge < -0.3 is 0 Å². The van der Waals surface area contributed by atoms with Crippen molar-refractivity contribution >= 4 is 0 Å². The zero-order valence-electron chi connectivity index (χ0n) is 19.3. The molecule has 0 amide bonds. The molecule has 0 unspecified atom stereocenters. The van der Waals surface area contributed by atoms with Crippen LogP contribution >= 0.6 is 0 Å². The van der Waals surface area contributed by atoms with Crippen molar-refractivity contribution in [3.05, 3.63) is 83.2 Å². The van der Waals surface area contributed by atoms with Crippen LogP contribution in [0.2, 0.25) is 0 Å². The van der Waals surface area contributed by atoms with E-state index in [1.54, 1.807) is 18.2 Å². The fraction of sp³-hybridized carbons (Fsp3) is 0.379. The summed E-state index contributed by atoms with van der Waals surface area (Å²) in [6.07, 6.45) is 7.19. The molecule has 0 radical (unpaired) electrons. The first kappa shape index (κ1) is 24.4. The Bertz CT molecular complexity index is 1130. The Hall–Kier alpha value is -2.69. The average molecular weight is 473 g/mol. The second kappa shape index (κ2) is 10.7. The maximum atomic E-state index is 15.2. The van der Waals surface area contributed by atoms with E-state index in [0.29, 0.717) is 24.3 Å². The maximum absolute atomic E-state index is 15.2. The van der Waals surface area contributed by atoms with E-state index in [1.807, 2.05) is 18.2 Å². The Morgan fingerprint density at radius 2 is 1.38 bits per heavy atom. The van der Waals surface area contributed by atoms with Crippen molar-refractivity contribution in [2.24, 2.45) is 5.92 Å². The summed E-state index contributed by atoms with van der Waals surface area (Å²) in [7, 11) is 0. The molecule has 3 aromatic rings. The minimum absolute atomic E-state index is 0.241. The standard InChI is InChI=1S/C29H29F5/c1-2-3-5-8-18-11-13-20(14-12-18)24-25(27(32)29(34)28(33)26(24)31)22-16-15-21(17-23(22)30)19-9-6-4-7-10-19/h4,6-7,9-10,15-18,20H,2-3,5,8,11-14H2,1H3. The van der Waals surface area contributed by atoms with E-state index >= 15 is 13.2 Å². The van der Waals surface area contributed by atoms with Crippen molar-refractivity contribution < 1.29 is 22.0 Å². The SMILES string of the molecule is CCCCCC1CCC(c2c(F)c(F)c(F)c(F)c2-c2ccc(-c3ccccc3)cc2F)CC1. The molecule has 4 rings (SSSR count). The van der Waals surface area contributed by atoms with Crippen LogP contribution in [-0.2, 0) is 0 Å². The van der Waals surface area contributed by atoms with Gasteiger partial charge in [-0.3, -0.25) is 0 Å². The molecular formula is C29H29F5. The number of rotatable bonds is 7. The molecule has 0 aromatic heterocycles. The van der Waals surface area contributed by atoms with Crippen LogP contribution in [0, 0.1) is 35.0 Å². The van der Waals surface area contributed by atoms with Crippen LogP contribution < -0.4 is 0 Å². The van der Waals surface area contributed by atoms with E-state index in [0.717, 1.165) is 44.1 Å². The molecule has 5 heteroatoms. The predicted octanol–water partition coefficient (Wildman–Crippen LogP) is 9.57. The topological polar surface area (TPSA) is 0 Å². The maximum Gasteiger partial charge on any atom is 0.198 e. The molecule has 0 bridgehead atoms. The molecule has 1 saturated carbocycles. The monoisotopic (exact) mass is 472 g/mol. The lowest BCUT2D eigenvalue weighted by Crippen LogP contribution is -2.17. The molecule has 180 valence electrons. The summed E-state index contributed by atoms with van der Waals surface area (Å²) in [5.41, 5.74) is 0.318. The molecule has 0 heterocycles. The summed E-state index contributed by atoms with van der Waals surface area (Å²) >= 11 is 0. The molecule has 0 atom stereocenters. The number of hydrogen-bond acceptors (Lipinski definition) is 0. The van der Waals surface area contributed by atoms with E-state index < -0.39 is 40.6 Å². The highest BCUT2D eigenvalue weighted by molar-refractivity contribution is 5.74. The van der Waals surface area contributed by atoms with E-state index in [-0.39, 0.29) is 11.1 Å². The molecule has 0 N–H and O–H groups in total. The number of unbranched alkanes of at least 4 members (excludes halogenated alkanes) is 2. The second-order valence-electron chi connectivity index (χ2n) is 9.32. The van der Waals surface area contributed by atoms with Crippen LogP contribution in [0.1, 0.15) is 69.8 Å². The van der Waals surface area contributed by atoms with Crippen molar-refractivity contribution in [2.75, 3.05) is 0 Å². The Morgan fingerprint density at radius 3 is 2.03 bits per heavy atom. The fourth-order valence-electron chi connectivity index (χ4n) is 5.25. The van der Waals surface area contributed by atoms with Gasteiger partial charge in [-0.2, -0.15) is 0 Å². The molecule has 3 aromatic carbocycles. The zero-order chi connectivity index (χ0) is 24.2. The molecule has 0 nitrogen and oxygen atoms in total. The largest absolute Gasteiger partial charge is 0.206 e. The summed E-state index contributed by atoms with van der Waals surface area (Å²) in [4.78, 5) is 0. The van der Waals surface area contributed by atoms with E-state index in [4.69, 9.17) is 0 Å². The van der Waals surface area contributed by atoms with Gasteiger partial charge in [-0.15, -0.1) is 0 Å². The van der Waals surface area contributed by atoms with E-state index in [1.165, 1.54) is 12.1 Å². The summed E-state index contributed by atoms with van der Waals surface area (Å²) < 4.78 is 74.0. The highest BCUT2D eigenvalue weighted by Crippen LogP contribution is 2.45. The van der Waals surface area contributed by atoms with Crippen LogP contribution in [0.5, 0.6) is 0 Å². The summed E-state index contributed by atoms with van der Waals surface area (Å²) in [5.74, 6) is -7.49. The molecule has 34 heavy (non-hydrogen) atoms. The molecule has 0 spiro atoms. The van der Waals surface area contributed by atoms with Crippen LogP contribution in [0.15, 0.2) is 48.5 Å². The van der Waals surface area contributed by atoms with Crippen molar-refractivity contribution in [3.63, 3.8) is 0 Å². The van der Waals surface area contributed by atoms with Gasteiger partial charge in [-0.1, -0.05) is 75.1 Å². The number of benzene rings is 3. The fourth-order valence-corrected chi connectivity index (χ4v) is 5.25. The second-order valence-corrected chi connectivity index (χ2v) is 9.32. The first-order valence-corrected chi connectivity index (χ1v) is 12.1. The van der Waals surface area contributed by atoms with Gasteiger partial charge in [-0.25, -0.2) is 22.0 Å². The van der Waals surface area contributed by atoms with Crippen LogP contribution in [-0.4, -0.2) is 0 Å². The lowest BCUT2D eigenvalue weighted by molar-refractivity contribution is 0.295. The predicted molar refractivity (Wildman–Crippen MR) is 126 cm³/mol. The van der Waals surface area contributed by atoms with Gasteiger partial charge in [0.25, 0.3) is 0 Å².